The lowest BCUT2D eigenvalue weighted by molar-refractivity contribution is -0.140. The van der Waals surface area contributed by atoms with Gasteiger partial charge in [0.05, 0.1) is 12.5 Å². The molecule has 0 amide bonds. The summed E-state index contributed by atoms with van der Waals surface area (Å²) in [4.78, 5) is 10.5. The Morgan fingerprint density at radius 1 is 1.40 bits per heavy atom. The molecule has 1 saturated carbocycles. The van der Waals surface area contributed by atoms with E-state index in [1.54, 1.807) is 0 Å². The fraction of sp³-hybridized carbons (Fsp3) is 0.917. The van der Waals surface area contributed by atoms with Crippen LogP contribution in [0, 0.1) is 5.92 Å². The van der Waals surface area contributed by atoms with Crippen LogP contribution in [0.15, 0.2) is 0 Å². The summed E-state index contributed by atoms with van der Waals surface area (Å²) in [6.45, 7) is 2.74. The summed E-state index contributed by atoms with van der Waals surface area (Å²) in [5, 5.41) is 8.67. The Morgan fingerprint density at radius 3 is 2.60 bits per heavy atom. The van der Waals surface area contributed by atoms with E-state index >= 15 is 0 Å². The van der Waals surface area contributed by atoms with Crippen LogP contribution in [-0.4, -0.2) is 23.8 Å². The lowest BCUT2D eigenvalue weighted by Crippen LogP contribution is -2.22. The Bertz CT molecular complexity index is 185. The van der Waals surface area contributed by atoms with Crippen molar-refractivity contribution in [2.45, 2.75) is 58.0 Å². The molecule has 0 aromatic carbocycles. The van der Waals surface area contributed by atoms with Gasteiger partial charge in [0.15, 0.2) is 0 Å². The second-order valence-electron chi connectivity index (χ2n) is 4.47. The van der Waals surface area contributed by atoms with Gasteiger partial charge in [0.2, 0.25) is 0 Å². The van der Waals surface area contributed by atoms with E-state index in [0.29, 0.717) is 5.92 Å². The molecule has 3 nitrogen and oxygen atoms in total. The molecule has 1 fully saturated rings. The molecule has 1 aliphatic carbocycles. The standard InChI is InChI=1S/C12H22O3/c1-2-11(8-12(13)14)15-9-10-6-4-3-5-7-10/h10-11H,2-9H2,1H3,(H,13,14). The van der Waals surface area contributed by atoms with E-state index in [-0.39, 0.29) is 12.5 Å². The van der Waals surface area contributed by atoms with Crippen molar-refractivity contribution in [2.24, 2.45) is 5.92 Å². The summed E-state index contributed by atoms with van der Waals surface area (Å²) in [6.07, 6.45) is 7.32. The van der Waals surface area contributed by atoms with Crippen molar-refractivity contribution < 1.29 is 14.6 Å². The molecule has 0 heterocycles. The Hall–Kier alpha value is -0.570. The zero-order valence-electron chi connectivity index (χ0n) is 9.58. The molecule has 0 aromatic heterocycles. The molecule has 0 bridgehead atoms. The maximum atomic E-state index is 10.5. The fourth-order valence-electron chi connectivity index (χ4n) is 2.14. The maximum absolute atomic E-state index is 10.5. The molecular weight excluding hydrogens is 192 g/mol. The van der Waals surface area contributed by atoms with Crippen molar-refractivity contribution in [3.8, 4) is 0 Å². The molecule has 1 rings (SSSR count). The van der Waals surface area contributed by atoms with Crippen LogP contribution >= 0.6 is 0 Å². The number of carbonyl (C=O) groups is 1. The summed E-state index contributed by atoms with van der Waals surface area (Å²) in [5.41, 5.74) is 0. The average Bonchev–Trinajstić information content (AvgIpc) is 2.25. The van der Waals surface area contributed by atoms with Crippen molar-refractivity contribution in [3.63, 3.8) is 0 Å². The van der Waals surface area contributed by atoms with E-state index in [2.05, 4.69) is 0 Å². The van der Waals surface area contributed by atoms with Gasteiger partial charge in [-0.25, -0.2) is 0 Å². The molecule has 1 aliphatic rings. The average molecular weight is 214 g/mol. The van der Waals surface area contributed by atoms with Crippen molar-refractivity contribution in [2.75, 3.05) is 6.61 Å². The molecule has 1 atom stereocenters. The number of carboxylic acid groups (broad SMARTS) is 1. The summed E-state index contributed by atoms with van der Waals surface area (Å²) < 4.78 is 5.66. The molecule has 0 spiro atoms. The number of ether oxygens (including phenoxy) is 1. The molecule has 88 valence electrons. The number of rotatable bonds is 6. The van der Waals surface area contributed by atoms with E-state index in [0.717, 1.165) is 13.0 Å². The molecule has 0 aliphatic heterocycles. The maximum Gasteiger partial charge on any atom is 0.305 e. The highest BCUT2D eigenvalue weighted by Gasteiger charge is 2.17. The van der Waals surface area contributed by atoms with Crippen molar-refractivity contribution >= 4 is 5.97 Å². The lowest BCUT2D eigenvalue weighted by Gasteiger charge is -2.23. The van der Waals surface area contributed by atoms with E-state index < -0.39 is 5.97 Å². The van der Waals surface area contributed by atoms with Gasteiger partial charge in [-0.3, -0.25) is 4.79 Å². The quantitative estimate of drug-likeness (QED) is 0.739. The van der Waals surface area contributed by atoms with E-state index in [4.69, 9.17) is 9.84 Å². The minimum absolute atomic E-state index is 0.0931. The SMILES string of the molecule is CCC(CC(=O)O)OCC1CCCCC1. The van der Waals surface area contributed by atoms with Crippen molar-refractivity contribution in [1.29, 1.82) is 0 Å². The highest BCUT2D eigenvalue weighted by atomic mass is 16.5. The highest BCUT2D eigenvalue weighted by Crippen LogP contribution is 2.24. The minimum Gasteiger partial charge on any atom is -0.481 e. The smallest absolute Gasteiger partial charge is 0.305 e. The third kappa shape index (κ3) is 5.17. The molecule has 0 saturated heterocycles. The Kier molecular flexibility index (Phi) is 5.69. The van der Waals surface area contributed by atoms with Crippen LogP contribution in [0.3, 0.4) is 0 Å². The van der Waals surface area contributed by atoms with Crippen molar-refractivity contribution in [1.82, 2.24) is 0 Å². The van der Waals surface area contributed by atoms with Crippen LogP contribution in [-0.2, 0) is 9.53 Å². The van der Waals surface area contributed by atoms with Crippen LogP contribution in [0.1, 0.15) is 51.9 Å². The van der Waals surface area contributed by atoms with Crippen LogP contribution in [0.5, 0.6) is 0 Å². The van der Waals surface area contributed by atoms with Crippen LogP contribution in [0.2, 0.25) is 0 Å². The topological polar surface area (TPSA) is 46.5 Å². The molecule has 1 unspecified atom stereocenters. The van der Waals surface area contributed by atoms with Gasteiger partial charge in [-0.05, 0) is 25.2 Å². The second kappa shape index (κ2) is 6.83. The van der Waals surface area contributed by atoms with Crippen LogP contribution in [0.25, 0.3) is 0 Å². The van der Waals surface area contributed by atoms with E-state index in [1.807, 2.05) is 6.92 Å². The number of aliphatic carboxylic acids is 1. The molecular formula is C12H22O3. The first kappa shape index (κ1) is 12.5. The predicted molar refractivity (Wildman–Crippen MR) is 58.9 cm³/mol. The first-order chi connectivity index (χ1) is 7.22. The second-order valence-corrected chi connectivity index (χ2v) is 4.47. The lowest BCUT2D eigenvalue weighted by atomic mass is 9.90. The molecule has 1 N–H and O–H groups in total. The van der Waals surface area contributed by atoms with Gasteiger partial charge in [-0.1, -0.05) is 26.2 Å². The monoisotopic (exact) mass is 214 g/mol. The number of hydrogen-bond donors (Lipinski definition) is 1. The highest BCUT2D eigenvalue weighted by molar-refractivity contribution is 5.67. The normalized spacial score (nSPS) is 20.1. The minimum atomic E-state index is -0.759. The van der Waals surface area contributed by atoms with Gasteiger partial charge in [-0.15, -0.1) is 0 Å². The summed E-state index contributed by atoms with van der Waals surface area (Å²) in [6, 6.07) is 0. The largest absolute Gasteiger partial charge is 0.481 e. The third-order valence-electron chi connectivity index (χ3n) is 3.15. The number of carboxylic acids is 1. The van der Waals surface area contributed by atoms with Crippen LogP contribution < -0.4 is 0 Å². The molecule has 0 radical (unpaired) electrons. The summed E-state index contributed by atoms with van der Waals surface area (Å²) in [5.74, 6) is -0.0907. The van der Waals surface area contributed by atoms with Gasteiger partial charge in [0.1, 0.15) is 0 Å². The Morgan fingerprint density at radius 2 is 2.07 bits per heavy atom. The van der Waals surface area contributed by atoms with Gasteiger partial charge >= 0.3 is 5.97 Å². The fourth-order valence-corrected chi connectivity index (χ4v) is 2.14. The van der Waals surface area contributed by atoms with Crippen LogP contribution in [0.4, 0.5) is 0 Å². The Labute approximate surface area is 91.8 Å². The van der Waals surface area contributed by atoms with Gasteiger partial charge in [0, 0.05) is 6.61 Å². The van der Waals surface area contributed by atoms with Gasteiger partial charge in [0.25, 0.3) is 0 Å². The van der Waals surface area contributed by atoms with Gasteiger partial charge in [-0.2, -0.15) is 0 Å². The first-order valence-corrected chi connectivity index (χ1v) is 6.05. The number of hydrogen-bond acceptors (Lipinski definition) is 2. The first-order valence-electron chi connectivity index (χ1n) is 6.05. The van der Waals surface area contributed by atoms with E-state index in [9.17, 15) is 4.79 Å². The van der Waals surface area contributed by atoms with E-state index in [1.165, 1.54) is 32.1 Å². The zero-order valence-corrected chi connectivity index (χ0v) is 9.58. The molecule has 3 heteroatoms. The molecule has 15 heavy (non-hydrogen) atoms. The third-order valence-corrected chi connectivity index (χ3v) is 3.15. The Balaban J connectivity index is 2.17. The molecule has 0 aromatic rings. The van der Waals surface area contributed by atoms with Gasteiger partial charge < -0.3 is 9.84 Å². The summed E-state index contributed by atoms with van der Waals surface area (Å²) in [7, 11) is 0. The predicted octanol–water partition coefficient (Wildman–Crippen LogP) is 2.84. The zero-order chi connectivity index (χ0) is 11.1. The summed E-state index contributed by atoms with van der Waals surface area (Å²) >= 11 is 0. The van der Waals surface area contributed by atoms with Crippen molar-refractivity contribution in [3.05, 3.63) is 0 Å².